The van der Waals surface area contributed by atoms with E-state index < -0.39 is 0 Å². The van der Waals surface area contributed by atoms with Crippen LogP contribution in [0.3, 0.4) is 0 Å². The number of hydrogen-bond acceptors (Lipinski definition) is 3. The van der Waals surface area contributed by atoms with Crippen LogP contribution in [-0.4, -0.2) is 4.98 Å². The number of thiophene rings is 1. The molecular weight excluding hydrogens is 308 g/mol. The Kier molecular flexibility index (Phi) is 3.30. The molecular formula is C14H11BrN2S. The lowest BCUT2D eigenvalue weighted by molar-refractivity contribution is 1.15. The maximum atomic E-state index is 4.42. The quantitative estimate of drug-likeness (QED) is 0.759. The monoisotopic (exact) mass is 318 g/mol. The second-order valence-corrected chi connectivity index (χ2v) is 5.81. The molecule has 0 fully saturated rings. The Morgan fingerprint density at radius 2 is 2.06 bits per heavy atom. The van der Waals surface area contributed by atoms with Gasteiger partial charge >= 0.3 is 0 Å². The highest BCUT2D eigenvalue weighted by Gasteiger charge is 2.04. The predicted molar refractivity (Wildman–Crippen MR) is 81.1 cm³/mol. The van der Waals surface area contributed by atoms with Crippen molar-refractivity contribution in [2.45, 2.75) is 6.54 Å². The highest BCUT2D eigenvalue weighted by atomic mass is 79.9. The summed E-state index contributed by atoms with van der Waals surface area (Å²) in [7, 11) is 0. The molecule has 0 amide bonds. The Bertz CT molecular complexity index is 665. The van der Waals surface area contributed by atoms with Gasteiger partial charge in [0, 0.05) is 26.3 Å². The third kappa shape index (κ3) is 2.26. The molecule has 2 aromatic heterocycles. The van der Waals surface area contributed by atoms with Gasteiger partial charge in [-0.05, 0) is 23.6 Å². The van der Waals surface area contributed by atoms with E-state index in [0.29, 0.717) is 0 Å². The Morgan fingerprint density at radius 1 is 1.11 bits per heavy atom. The summed E-state index contributed by atoms with van der Waals surface area (Å²) >= 11 is 5.32. The zero-order valence-corrected chi connectivity index (χ0v) is 12.0. The predicted octanol–water partition coefficient (Wildman–Crippen LogP) is 4.67. The molecule has 0 saturated carbocycles. The van der Waals surface area contributed by atoms with Gasteiger partial charge in [0.1, 0.15) is 5.82 Å². The molecule has 3 rings (SSSR count). The van der Waals surface area contributed by atoms with Gasteiger partial charge < -0.3 is 5.32 Å². The van der Waals surface area contributed by atoms with E-state index in [9.17, 15) is 0 Å². The van der Waals surface area contributed by atoms with Gasteiger partial charge in [0.25, 0.3) is 0 Å². The van der Waals surface area contributed by atoms with Crippen molar-refractivity contribution < 1.29 is 0 Å². The molecule has 18 heavy (non-hydrogen) atoms. The fourth-order valence-electron chi connectivity index (χ4n) is 1.89. The standard InChI is InChI=1S/C14H11BrN2S/c15-13-5-1-4-12-11(13)6-7-16-14(12)17-9-10-3-2-8-18-10/h1-8H,9H2,(H,16,17). The normalized spacial score (nSPS) is 10.7. The van der Waals surface area contributed by atoms with Gasteiger partial charge in [0.05, 0.1) is 6.54 Å². The smallest absolute Gasteiger partial charge is 0.134 e. The van der Waals surface area contributed by atoms with Crippen LogP contribution in [0.5, 0.6) is 0 Å². The largest absolute Gasteiger partial charge is 0.365 e. The van der Waals surface area contributed by atoms with E-state index in [1.807, 2.05) is 24.4 Å². The number of benzene rings is 1. The van der Waals surface area contributed by atoms with E-state index in [2.05, 4.69) is 49.8 Å². The summed E-state index contributed by atoms with van der Waals surface area (Å²) < 4.78 is 1.10. The molecule has 0 radical (unpaired) electrons. The Balaban J connectivity index is 1.94. The van der Waals surface area contributed by atoms with Gasteiger partial charge in [-0.25, -0.2) is 4.98 Å². The van der Waals surface area contributed by atoms with E-state index in [1.165, 1.54) is 10.3 Å². The molecule has 90 valence electrons. The van der Waals surface area contributed by atoms with Crippen molar-refractivity contribution in [3.05, 3.63) is 57.3 Å². The molecule has 4 heteroatoms. The summed E-state index contributed by atoms with van der Waals surface area (Å²) in [5, 5.41) is 7.81. The molecule has 0 aliphatic carbocycles. The zero-order chi connectivity index (χ0) is 12.4. The first-order valence-corrected chi connectivity index (χ1v) is 7.31. The van der Waals surface area contributed by atoms with Gasteiger partial charge in [0.15, 0.2) is 0 Å². The molecule has 2 nitrogen and oxygen atoms in total. The summed E-state index contributed by atoms with van der Waals surface area (Å²) in [6, 6.07) is 12.4. The molecule has 0 unspecified atom stereocenters. The number of nitrogens with zero attached hydrogens (tertiary/aromatic N) is 1. The fraction of sp³-hybridized carbons (Fsp3) is 0.0714. The van der Waals surface area contributed by atoms with E-state index in [4.69, 9.17) is 0 Å². The average Bonchev–Trinajstić information content (AvgIpc) is 2.90. The van der Waals surface area contributed by atoms with Crippen molar-refractivity contribution in [1.82, 2.24) is 4.98 Å². The molecule has 0 atom stereocenters. The minimum atomic E-state index is 0.816. The maximum Gasteiger partial charge on any atom is 0.134 e. The van der Waals surface area contributed by atoms with Crippen LogP contribution in [0.4, 0.5) is 5.82 Å². The third-order valence-electron chi connectivity index (χ3n) is 2.76. The number of halogens is 1. The Hall–Kier alpha value is -1.39. The van der Waals surface area contributed by atoms with Crippen molar-refractivity contribution >= 4 is 43.9 Å². The number of anilines is 1. The molecule has 1 aromatic carbocycles. The molecule has 0 bridgehead atoms. The minimum Gasteiger partial charge on any atom is -0.365 e. The van der Waals surface area contributed by atoms with Gasteiger partial charge in [-0.3, -0.25) is 0 Å². The van der Waals surface area contributed by atoms with Gasteiger partial charge in [-0.15, -0.1) is 11.3 Å². The van der Waals surface area contributed by atoms with Crippen LogP contribution in [0.2, 0.25) is 0 Å². The maximum absolute atomic E-state index is 4.42. The minimum absolute atomic E-state index is 0.816. The third-order valence-corrected chi connectivity index (χ3v) is 4.33. The highest BCUT2D eigenvalue weighted by Crippen LogP contribution is 2.27. The highest BCUT2D eigenvalue weighted by molar-refractivity contribution is 9.10. The Labute approximate surface area is 118 Å². The van der Waals surface area contributed by atoms with Crippen molar-refractivity contribution in [2.75, 3.05) is 5.32 Å². The molecule has 0 spiro atoms. The van der Waals surface area contributed by atoms with Gasteiger partial charge in [-0.2, -0.15) is 0 Å². The number of fused-ring (bicyclic) bond motifs is 1. The molecule has 0 aliphatic heterocycles. The van der Waals surface area contributed by atoms with Crippen molar-refractivity contribution in [2.24, 2.45) is 0 Å². The van der Waals surface area contributed by atoms with Crippen LogP contribution in [0.25, 0.3) is 10.8 Å². The molecule has 2 heterocycles. The number of aromatic nitrogens is 1. The lowest BCUT2D eigenvalue weighted by Crippen LogP contribution is -2.00. The topological polar surface area (TPSA) is 24.9 Å². The second-order valence-electron chi connectivity index (χ2n) is 3.93. The molecule has 3 aromatic rings. The van der Waals surface area contributed by atoms with Crippen molar-refractivity contribution in [1.29, 1.82) is 0 Å². The summed E-state index contributed by atoms with van der Waals surface area (Å²) in [5.41, 5.74) is 0. The van der Waals surface area contributed by atoms with Crippen LogP contribution in [-0.2, 0) is 6.54 Å². The zero-order valence-electron chi connectivity index (χ0n) is 9.56. The molecule has 0 aliphatic rings. The summed E-state index contributed by atoms with van der Waals surface area (Å²) in [4.78, 5) is 5.73. The summed E-state index contributed by atoms with van der Waals surface area (Å²) in [5.74, 6) is 0.933. The van der Waals surface area contributed by atoms with Crippen molar-refractivity contribution in [3.63, 3.8) is 0 Å². The number of hydrogen-bond donors (Lipinski definition) is 1. The number of nitrogens with one attached hydrogen (secondary N) is 1. The number of pyridine rings is 1. The summed E-state index contributed by atoms with van der Waals surface area (Å²) in [6.45, 7) is 0.816. The average molecular weight is 319 g/mol. The first-order valence-electron chi connectivity index (χ1n) is 5.64. The van der Waals surface area contributed by atoms with Crippen LogP contribution < -0.4 is 5.32 Å². The van der Waals surface area contributed by atoms with Crippen LogP contribution >= 0.6 is 27.3 Å². The second kappa shape index (κ2) is 5.08. The number of rotatable bonds is 3. The Morgan fingerprint density at radius 3 is 2.89 bits per heavy atom. The van der Waals surface area contributed by atoms with E-state index in [1.54, 1.807) is 11.3 Å². The van der Waals surface area contributed by atoms with E-state index >= 15 is 0 Å². The molecule has 1 N–H and O–H groups in total. The van der Waals surface area contributed by atoms with E-state index in [0.717, 1.165) is 22.2 Å². The van der Waals surface area contributed by atoms with Crippen LogP contribution in [0, 0.1) is 0 Å². The first kappa shape index (κ1) is 11.7. The van der Waals surface area contributed by atoms with E-state index in [-0.39, 0.29) is 0 Å². The van der Waals surface area contributed by atoms with Crippen molar-refractivity contribution in [3.8, 4) is 0 Å². The first-order chi connectivity index (χ1) is 8.84. The molecule has 0 saturated heterocycles. The summed E-state index contributed by atoms with van der Waals surface area (Å²) in [6.07, 6.45) is 1.84. The van der Waals surface area contributed by atoms with Crippen LogP contribution in [0.1, 0.15) is 4.88 Å². The van der Waals surface area contributed by atoms with Gasteiger partial charge in [-0.1, -0.05) is 34.1 Å². The lowest BCUT2D eigenvalue weighted by atomic mass is 10.1. The van der Waals surface area contributed by atoms with Gasteiger partial charge in [0.2, 0.25) is 0 Å². The SMILES string of the molecule is Brc1cccc2c(NCc3cccs3)nccc12. The lowest BCUT2D eigenvalue weighted by Gasteiger charge is -2.08. The fourth-order valence-corrected chi connectivity index (χ4v) is 3.04. The van der Waals surface area contributed by atoms with Crippen LogP contribution in [0.15, 0.2) is 52.4 Å².